The van der Waals surface area contributed by atoms with Crippen LogP contribution >= 0.6 is 12.0 Å². The van der Waals surface area contributed by atoms with Crippen LogP contribution in [0.1, 0.15) is 0 Å². The van der Waals surface area contributed by atoms with Crippen LogP contribution < -0.4 is 14.7 Å². The molecular formula is C16H13O5S-. The summed E-state index contributed by atoms with van der Waals surface area (Å²) in [6.45, 7) is 0. The molecule has 3 aromatic rings. The van der Waals surface area contributed by atoms with Crippen LogP contribution in [0.3, 0.4) is 0 Å². The van der Waals surface area contributed by atoms with Crippen molar-refractivity contribution in [3.8, 4) is 11.5 Å². The zero-order chi connectivity index (χ0) is 15.5. The molecule has 6 heteroatoms. The van der Waals surface area contributed by atoms with Crippen molar-refractivity contribution < 1.29 is 24.1 Å². The van der Waals surface area contributed by atoms with Gasteiger partial charge in [-0.05, 0) is 18.2 Å². The lowest BCUT2D eigenvalue weighted by atomic mass is 10.0. The Balaban J connectivity index is 2.34. The monoisotopic (exact) mass is 317 g/mol. The third kappa shape index (κ3) is 2.46. The molecule has 0 aliphatic rings. The fraction of sp³-hybridized carbons (Fsp3) is 0.125. The van der Waals surface area contributed by atoms with E-state index in [1.165, 1.54) is 0 Å². The average Bonchev–Trinajstić information content (AvgIpc) is 2.57. The Labute approximate surface area is 131 Å². The fourth-order valence-corrected chi connectivity index (χ4v) is 3.02. The van der Waals surface area contributed by atoms with Gasteiger partial charge in [0.15, 0.2) is 0 Å². The zero-order valence-corrected chi connectivity index (χ0v) is 12.8. The van der Waals surface area contributed by atoms with E-state index in [2.05, 4.69) is 9.37 Å². The molecule has 0 saturated carbocycles. The average molecular weight is 317 g/mol. The third-order valence-electron chi connectivity index (χ3n) is 3.46. The molecule has 0 unspecified atom stereocenters. The molecule has 0 spiro atoms. The largest absolute Gasteiger partial charge is 0.691 e. The fourth-order valence-electron chi connectivity index (χ4n) is 2.62. The highest BCUT2D eigenvalue weighted by molar-refractivity contribution is 7.94. The van der Waals surface area contributed by atoms with Gasteiger partial charge in [0.25, 0.3) is 0 Å². The molecule has 3 rings (SSSR count). The number of hydrogen-bond acceptors (Lipinski definition) is 6. The maximum Gasteiger partial charge on any atom is 0.134 e. The van der Waals surface area contributed by atoms with E-state index in [9.17, 15) is 5.26 Å². The van der Waals surface area contributed by atoms with Crippen LogP contribution in [0.4, 0.5) is 0 Å². The molecule has 0 aromatic heterocycles. The highest BCUT2D eigenvalue weighted by Crippen LogP contribution is 2.43. The summed E-state index contributed by atoms with van der Waals surface area (Å²) in [5.41, 5.74) is 0. The lowest BCUT2D eigenvalue weighted by molar-refractivity contribution is -0.777. The second kappa shape index (κ2) is 6.41. The van der Waals surface area contributed by atoms with Gasteiger partial charge in [0.1, 0.15) is 11.5 Å². The highest BCUT2D eigenvalue weighted by Gasteiger charge is 2.15. The molecule has 114 valence electrons. The second-order valence-corrected chi connectivity index (χ2v) is 5.31. The predicted molar refractivity (Wildman–Crippen MR) is 82.6 cm³/mol. The molecule has 0 bridgehead atoms. The minimum absolute atomic E-state index is 0.721. The molecule has 5 nitrogen and oxygen atoms in total. The van der Waals surface area contributed by atoms with Crippen molar-refractivity contribution in [1.29, 1.82) is 0 Å². The molecule has 0 N–H and O–H groups in total. The maximum atomic E-state index is 9.98. The molecule has 0 amide bonds. The molecule has 0 aliphatic carbocycles. The van der Waals surface area contributed by atoms with Crippen molar-refractivity contribution in [2.75, 3.05) is 14.2 Å². The lowest BCUT2D eigenvalue weighted by Crippen LogP contribution is -2.00. The first-order valence-corrected chi connectivity index (χ1v) is 7.24. The lowest BCUT2D eigenvalue weighted by Gasteiger charge is -2.15. The number of benzene rings is 3. The summed E-state index contributed by atoms with van der Waals surface area (Å²) in [6.07, 6.45) is 0. The van der Waals surface area contributed by atoms with E-state index in [0.717, 1.165) is 50.0 Å². The molecular weight excluding hydrogens is 304 g/mol. The summed E-state index contributed by atoms with van der Waals surface area (Å²) in [5.74, 6) is 1.53. The van der Waals surface area contributed by atoms with Crippen molar-refractivity contribution in [1.82, 2.24) is 0 Å². The first-order valence-electron chi connectivity index (χ1n) is 6.49. The third-order valence-corrected chi connectivity index (χ3v) is 4.03. The molecule has 0 atom stereocenters. The van der Waals surface area contributed by atoms with Gasteiger partial charge in [-0.2, -0.15) is 4.33 Å². The van der Waals surface area contributed by atoms with Crippen LogP contribution in [0.15, 0.2) is 47.4 Å². The van der Waals surface area contributed by atoms with Crippen LogP contribution in [0.2, 0.25) is 0 Å². The van der Waals surface area contributed by atoms with Crippen LogP contribution in [-0.4, -0.2) is 14.2 Å². The summed E-state index contributed by atoms with van der Waals surface area (Å²) in [5, 5.41) is 17.1. The van der Waals surface area contributed by atoms with Gasteiger partial charge in [-0.15, -0.1) is 0 Å². The second-order valence-electron chi connectivity index (χ2n) is 4.54. The van der Waals surface area contributed by atoms with E-state index < -0.39 is 0 Å². The number of fused-ring (bicyclic) bond motifs is 2. The quantitative estimate of drug-likeness (QED) is 0.312. The van der Waals surface area contributed by atoms with Gasteiger partial charge >= 0.3 is 0 Å². The Kier molecular flexibility index (Phi) is 4.35. The van der Waals surface area contributed by atoms with Gasteiger partial charge in [0.05, 0.1) is 26.3 Å². The Hall–Kier alpha value is -1.99. The first kappa shape index (κ1) is 14.9. The molecule has 0 saturated heterocycles. The predicted octanol–water partition coefficient (Wildman–Crippen LogP) is 3.24. The van der Waals surface area contributed by atoms with Gasteiger partial charge in [-0.1, -0.05) is 24.3 Å². The standard InChI is InChI=1S/C16H14O5S/c1-18-15-11-5-3-4-6-12(11)16(19-2)14-9-10(22-21-20-17)7-8-13(14)15/h3-9,17H,1-2H3/p-1. The van der Waals surface area contributed by atoms with E-state index in [-0.39, 0.29) is 0 Å². The Bertz CT molecular complexity index is 818. The van der Waals surface area contributed by atoms with Crippen molar-refractivity contribution in [2.45, 2.75) is 4.90 Å². The van der Waals surface area contributed by atoms with Crippen molar-refractivity contribution in [3.05, 3.63) is 42.5 Å². The molecule has 0 heterocycles. The number of methoxy groups -OCH3 is 2. The molecule has 0 radical (unpaired) electrons. The van der Waals surface area contributed by atoms with Crippen LogP contribution in [0.5, 0.6) is 11.5 Å². The molecule has 0 aliphatic heterocycles. The Morgan fingerprint density at radius 2 is 1.41 bits per heavy atom. The highest BCUT2D eigenvalue weighted by atomic mass is 32.2. The molecule has 3 aromatic carbocycles. The number of ether oxygens (including phenoxy) is 2. The SMILES string of the molecule is COc1c2ccccc2c(OC)c2cc(SOO[O-])ccc12. The number of hydrogen-bond donors (Lipinski definition) is 0. The summed E-state index contributed by atoms with van der Waals surface area (Å²) in [7, 11) is 3.27. The van der Waals surface area contributed by atoms with Gasteiger partial charge in [0.2, 0.25) is 0 Å². The Morgan fingerprint density at radius 1 is 0.818 bits per heavy atom. The topological polar surface area (TPSA) is 60.0 Å². The van der Waals surface area contributed by atoms with Gasteiger partial charge in [-0.3, -0.25) is 5.04 Å². The van der Waals surface area contributed by atoms with E-state index in [1.807, 2.05) is 42.5 Å². The normalized spacial score (nSPS) is 11.0. The first-order chi connectivity index (χ1) is 10.8. The zero-order valence-electron chi connectivity index (χ0n) is 12.0. The van der Waals surface area contributed by atoms with Crippen molar-refractivity contribution in [3.63, 3.8) is 0 Å². The molecule has 22 heavy (non-hydrogen) atoms. The van der Waals surface area contributed by atoms with Crippen LogP contribution in [0, 0.1) is 0 Å². The minimum Gasteiger partial charge on any atom is -0.691 e. The Morgan fingerprint density at radius 3 is 2.00 bits per heavy atom. The summed E-state index contributed by atoms with van der Waals surface area (Å²) >= 11 is 0.842. The summed E-state index contributed by atoms with van der Waals surface area (Å²) in [4.78, 5) is 0.721. The van der Waals surface area contributed by atoms with Crippen LogP contribution in [-0.2, 0) is 9.37 Å². The molecule has 0 fully saturated rings. The summed E-state index contributed by atoms with van der Waals surface area (Å²) < 4.78 is 15.6. The number of rotatable bonds is 5. The van der Waals surface area contributed by atoms with Gasteiger partial charge in [-0.25, -0.2) is 0 Å². The summed E-state index contributed by atoms with van der Waals surface area (Å²) in [6, 6.07) is 13.5. The van der Waals surface area contributed by atoms with Gasteiger partial charge in [0, 0.05) is 26.4 Å². The maximum absolute atomic E-state index is 9.98. The van der Waals surface area contributed by atoms with E-state index in [1.54, 1.807) is 14.2 Å². The van der Waals surface area contributed by atoms with Gasteiger partial charge < -0.3 is 14.7 Å². The van der Waals surface area contributed by atoms with Crippen molar-refractivity contribution in [2.24, 2.45) is 0 Å². The minimum atomic E-state index is 0.721. The van der Waals surface area contributed by atoms with E-state index in [0.29, 0.717) is 0 Å². The van der Waals surface area contributed by atoms with E-state index >= 15 is 0 Å². The van der Waals surface area contributed by atoms with E-state index in [4.69, 9.17) is 9.47 Å². The smallest absolute Gasteiger partial charge is 0.134 e. The van der Waals surface area contributed by atoms with Crippen molar-refractivity contribution >= 4 is 33.6 Å². The van der Waals surface area contributed by atoms with Crippen LogP contribution in [0.25, 0.3) is 21.5 Å².